The zero-order valence-electron chi connectivity index (χ0n) is 15.2. The zero-order chi connectivity index (χ0) is 18.6. The van der Waals surface area contributed by atoms with Gasteiger partial charge in [0.25, 0.3) is 0 Å². The molecule has 1 aromatic carbocycles. The Balaban J connectivity index is 1.91. The molecule has 5 nitrogen and oxygen atoms in total. The van der Waals surface area contributed by atoms with E-state index in [2.05, 4.69) is 31.9 Å². The number of rotatable bonds is 6. The number of aromatic nitrogens is 4. The van der Waals surface area contributed by atoms with Gasteiger partial charge in [-0.25, -0.2) is 0 Å². The van der Waals surface area contributed by atoms with E-state index in [1.54, 1.807) is 12.4 Å². The fourth-order valence-corrected chi connectivity index (χ4v) is 3.46. The largest absolute Gasteiger partial charge is 0.298 e. The van der Waals surface area contributed by atoms with Crippen LogP contribution < -0.4 is 0 Å². The van der Waals surface area contributed by atoms with Crippen molar-refractivity contribution in [3.8, 4) is 11.4 Å². The van der Waals surface area contributed by atoms with Crippen molar-refractivity contribution in [3.63, 3.8) is 0 Å². The predicted octanol–water partition coefficient (Wildman–Crippen LogP) is 4.10. The molecule has 2 aromatic heterocycles. The Morgan fingerprint density at radius 3 is 2.38 bits per heavy atom. The van der Waals surface area contributed by atoms with Crippen LogP contribution in [0.15, 0.2) is 60.0 Å². The number of hydrogen-bond acceptors (Lipinski definition) is 5. The summed E-state index contributed by atoms with van der Waals surface area (Å²) in [5.74, 6) is 1.36. The molecule has 0 fully saturated rings. The first-order chi connectivity index (χ1) is 12.4. The van der Waals surface area contributed by atoms with Gasteiger partial charge in [-0.05, 0) is 17.7 Å². The molecular weight excluding hydrogens is 344 g/mol. The lowest BCUT2D eigenvalue weighted by molar-refractivity contribution is -0.123. The third-order valence-electron chi connectivity index (χ3n) is 4.01. The van der Waals surface area contributed by atoms with Crippen molar-refractivity contribution < 1.29 is 4.79 Å². The topological polar surface area (TPSA) is 60.7 Å². The van der Waals surface area contributed by atoms with Gasteiger partial charge in [-0.3, -0.25) is 14.3 Å². The molecule has 0 atom stereocenters. The lowest BCUT2D eigenvalue weighted by Gasteiger charge is -2.16. The maximum absolute atomic E-state index is 12.3. The standard InChI is InChI=1S/C20H22N4OS/c1-20(2,3)17(25)14-26-19-23-22-18(16-9-11-21-12-10-16)24(19)13-15-7-5-4-6-8-15/h4-12H,13-14H2,1-3H3. The van der Waals surface area contributed by atoms with Gasteiger partial charge in [-0.2, -0.15) is 0 Å². The molecule has 0 aliphatic carbocycles. The zero-order valence-corrected chi connectivity index (χ0v) is 16.0. The molecule has 3 rings (SSSR count). The molecule has 0 radical (unpaired) electrons. The molecule has 0 unspecified atom stereocenters. The fourth-order valence-electron chi connectivity index (χ4n) is 2.37. The number of pyridine rings is 1. The fraction of sp³-hybridized carbons (Fsp3) is 0.300. The Hall–Kier alpha value is -2.47. The molecule has 3 aromatic rings. The van der Waals surface area contributed by atoms with E-state index in [0.717, 1.165) is 22.1 Å². The number of ketones is 1. The van der Waals surface area contributed by atoms with Crippen molar-refractivity contribution in [3.05, 3.63) is 60.4 Å². The predicted molar refractivity (Wildman–Crippen MR) is 104 cm³/mol. The van der Waals surface area contributed by atoms with Crippen LogP contribution in [0.2, 0.25) is 0 Å². The van der Waals surface area contributed by atoms with Gasteiger partial charge in [0.2, 0.25) is 0 Å². The third-order valence-corrected chi connectivity index (χ3v) is 4.97. The van der Waals surface area contributed by atoms with Gasteiger partial charge >= 0.3 is 0 Å². The van der Waals surface area contributed by atoms with E-state index in [-0.39, 0.29) is 11.2 Å². The average molecular weight is 366 g/mol. The average Bonchev–Trinajstić information content (AvgIpc) is 3.03. The van der Waals surface area contributed by atoms with E-state index in [0.29, 0.717) is 12.3 Å². The molecular formula is C20H22N4OS. The van der Waals surface area contributed by atoms with E-state index in [9.17, 15) is 4.79 Å². The van der Waals surface area contributed by atoms with Gasteiger partial charge in [-0.15, -0.1) is 10.2 Å². The Morgan fingerprint density at radius 2 is 1.73 bits per heavy atom. The van der Waals surface area contributed by atoms with Crippen LogP contribution in [0.1, 0.15) is 26.3 Å². The summed E-state index contributed by atoms with van der Waals surface area (Å²) < 4.78 is 2.06. The van der Waals surface area contributed by atoms with Gasteiger partial charge in [0.1, 0.15) is 5.78 Å². The number of Topliss-reactive ketones (excluding diaryl/α,β-unsaturated/α-hetero) is 1. The first-order valence-electron chi connectivity index (χ1n) is 8.49. The second-order valence-electron chi connectivity index (χ2n) is 7.08. The molecule has 26 heavy (non-hydrogen) atoms. The first-order valence-corrected chi connectivity index (χ1v) is 9.47. The molecule has 0 amide bonds. The van der Waals surface area contributed by atoms with Crippen molar-refractivity contribution in [2.24, 2.45) is 5.41 Å². The molecule has 0 aliphatic rings. The van der Waals surface area contributed by atoms with E-state index < -0.39 is 0 Å². The lowest BCUT2D eigenvalue weighted by atomic mass is 9.92. The highest BCUT2D eigenvalue weighted by molar-refractivity contribution is 7.99. The maximum atomic E-state index is 12.3. The van der Waals surface area contributed by atoms with Crippen molar-refractivity contribution in [2.75, 3.05) is 5.75 Å². The number of benzene rings is 1. The second kappa shape index (κ2) is 7.83. The maximum Gasteiger partial charge on any atom is 0.192 e. The summed E-state index contributed by atoms with van der Waals surface area (Å²) in [6.07, 6.45) is 3.49. The van der Waals surface area contributed by atoms with Crippen LogP contribution in [0.3, 0.4) is 0 Å². The minimum absolute atomic E-state index is 0.197. The first kappa shape index (κ1) is 18.3. The summed E-state index contributed by atoms with van der Waals surface area (Å²) in [6.45, 7) is 6.46. The highest BCUT2D eigenvalue weighted by Gasteiger charge is 2.23. The summed E-state index contributed by atoms with van der Waals surface area (Å²) in [6, 6.07) is 14.0. The van der Waals surface area contributed by atoms with E-state index >= 15 is 0 Å². The van der Waals surface area contributed by atoms with E-state index in [4.69, 9.17) is 0 Å². The summed E-state index contributed by atoms with van der Waals surface area (Å²) in [4.78, 5) is 16.4. The highest BCUT2D eigenvalue weighted by atomic mass is 32.2. The minimum atomic E-state index is -0.356. The van der Waals surface area contributed by atoms with Gasteiger partial charge in [0.05, 0.1) is 12.3 Å². The van der Waals surface area contributed by atoms with Gasteiger partial charge in [0, 0.05) is 23.4 Å². The van der Waals surface area contributed by atoms with Crippen molar-refractivity contribution in [1.82, 2.24) is 19.7 Å². The van der Waals surface area contributed by atoms with Crippen LogP contribution in [0.5, 0.6) is 0 Å². The molecule has 0 N–H and O–H groups in total. The van der Waals surface area contributed by atoms with E-state index in [1.807, 2.05) is 51.1 Å². The van der Waals surface area contributed by atoms with Crippen LogP contribution >= 0.6 is 11.8 Å². The number of carbonyl (C=O) groups is 1. The molecule has 134 valence electrons. The van der Waals surface area contributed by atoms with Gasteiger partial charge < -0.3 is 0 Å². The Morgan fingerprint density at radius 1 is 1.04 bits per heavy atom. The Labute approximate surface area is 157 Å². The minimum Gasteiger partial charge on any atom is -0.298 e. The highest BCUT2D eigenvalue weighted by Crippen LogP contribution is 2.27. The molecule has 2 heterocycles. The van der Waals surface area contributed by atoms with Gasteiger partial charge in [0.15, 0.2) is 11.0 Å². The van der Waals surface area contributed by atoms with Crippen LogP contribution in [-0.4, -0.2) is 31.3 Å². The van der Waals surface area contributed by atoms with Gasteiger partial charge in [-0.1, -0.05) is 62.9 Å². The molecule has 0 saturated heterocycles. The summed E-state index contributed by atoms with van der Waals surface area (Å²) >= 11 is 1.44. The van der Waals surface area contributed by atoms with E-state index in [1.165, 1.54) is 11.8 Å². The number of carbonyl (C=O) groups excluding carboxylic acids is 1. The summed E-state index contributed by atoms with van der Waals surface area (Å²) in [7, 11) is 0. The van der Waals surface area contributed by atoms with Crippen LogP contribution in [0, 0.1) is 5.41 Å². The van der Waals surface area contributed by atoms with Crippen LogP contribution in [0.4, 0.5) is 0 Å². The van der Waals surface area contributed by atoms with Crippen LogP contribution in [-0.2, 0) is 11.3 Å². The Kier molecular flexibility index (Phi) is 5.52. The SMILES string of the molecule is CC(C)(C)C(=O)CSc1nnc(-c2ccncc2)n1Cc1ccccc1. The monoisotopic (exact) mass is 366 g/mol. The number of nitrogens with zero attached hydrogens (tertiary/aromatic N) is 4. The smallest absolute Gasteiger partial charge is 0.192 e. The quantitative estimate of drug-likeness (QED) is 0.615. The third kappa shape index (κ3) is 4.38. The lowest BCUT2D eigenvalue weighted by Crippen LogP contribution is -2.22. The molecule has 0 spiro atoms. The van der Waals surface area contributed by atoms with Crippen LogP contribution in [0.25, 0.3) is 11.4 Å². The summed E-state index contributed by atoms with van der Waals surface area (Å²) in [5.41, 5.74) is 1.76. The second-order valence-corrected chi connectivity index (χ2v) is 8.02. The Bertz CT molecular complexity index is 870. The molecule has 0 bridgehead atoms. The van der Waals surface area contributed by atoms with Crippen molar-refractivity contribution in [2.45, 2.75) is 32.5 Å². The molecule has 0 aliphatic heterocycles. The van der Waals surface area contributed by atoms with Crippen molar-refractivity contribution in [1.29, 1.82) is 0 Å². The normalized spacial score (nSPS) is 11.5. The molecule has 0 saturated carbocycles. The van der Waals surface area contributed by atoms with Crippen molar-refractivity contribution >= 4 is 17.5 Å². The summed E-state index contributed by atoms with van der Waals surface area (Å²) in [5, 5.41) is 9.47. The number of thioether (sulfide) groups is 1. The number of hydrogen-bond donors (Lipinski definition) is 0. The molecule has 6 heteroatoms.